The van der Waals surface area contributed by atoms with Crippen molar-refractivity contribution in [3.8, 4) is 0 Å². The first-order valence-corrected chi connectivity index (χ1v) is 9.01. The van der Waals surface area contributed by atoms with Crippen LogP contribution in [0.1, 0.15) is 17.1 Å². The van der Waals surface area contributed by atoms with Crippen molar-refractivity contribution in [2.75, 3.05) is 11.5 Å². The Bertz CT molecular complexity index is 792. The van der Waals surface area contributed by atoms with E-state index >= 15 is 0 Å². The number of nitrogen functional groups attached to an aromatic ring is 1. The predicted octanol–water partition coefficient (Wildman–Crippen LogP) is 3.25. The van der Waals surface area contributed by atoms with E-state index in [1.54, 1.807) is 11.8 Å². The molecule has 2 N–H and O–H groups in total. The summed E-state index contributed by atoms with van der Waals surface area (Å²) in [6, 6.07) is 10.3. The summed E-state index contributed by atoms with van der Waals surface area (Å²) in [6.07, 6.45) is 4.90. The SMILES string of the molecule is Cn1c(Cc2csc(N)n2)nnc1SCC=Cc1ccccc1. The third-order valence-electron chi connectivity index (χ3n) is 3.25. The molecule has 23 heavy (non-hydrogen) atoms. The highest BCUT2D eigenvalue weighted by molar-refractivity contribution is 7.99. The molecule has 0 spiro atoms. The number of thioether (sulfide) groups is 1. The lowest BCUT2D eigenvalue weighted by Crippen LogP contribution is -2.01. The minimum absolute atomic E-state index is 0.586. The third-order valence-corrected chi connectivity index (χ3v) is 4.95. The van der Waals surface area contributed by atoms with Gasteiger partial charge in [-0.05, 0) is 5.56 Å². The minimum atomic E-state index is 0.586. The van der Waals surface area contributed by atoms with Gasteiger partial charge in [0.15, 0.2) is 10.3 Å². The lowest BCUT2D eigenvalue weighted by Gasteiger charge is -2.01. The van der Waals surface area contributed by atoms with Crippen LogP contribution in [0.4, 0.5) is 5.13 Å². The Hall–Kier alpha value is -2.12. The Morgan fingerprint density at radius 1 is 1.26 bits per heavy atom. The lowest BCUT2D eigenvalue weighted by atomic mass is 10.2. The van der Waals surface area contributed by atoms with Crippen LogP contribution in [0.15, 0.2) is 46.9 Å². The van der Waals surface area contributed by atoms with Crippen LogP contribution in [-0.2, 0) is 13.5 Å². The van der Waals surface area contributed by atoms with Crippen molar-refractivity contribution in [3.05, 3.63) is 58.9 Å². The van der Waals surface area contributed by atoms with E-state index in [1.165, 1.54) is 16.9 Å². The smallest absolute Gasteiger partial charge is 0.191 e. The van der Waals surface area contributed by atoms with Gasteiger partial charge in [0.1, 0.15) is 5.82 Å². The van der Waals surface area contributed by atoms with E-state index in [9.17, 15) is 0 Å². The monoisotopic (exact) mass is 343 g/mol. The number of aromatic nitrogens is 4. The summed E-state index contributed by atoms with van der Waals surface area (Å²) >= 11 is 3.11. The summed E-state index contributed by atoms with van der Waals surface area (Å²) in [7, 11) is 1.98. The van der Waals surface area contributed by atoms with E-state index in [0.717, 1.165) is 22.4 Å². The fourth-order valence-corrected chi connectivity index (χ4v) is 3.36. The van der Waals surface area contributed by atoms with Gasteiger partial charge in [-0.2, -0.15) is 0 Å². The molecule has 2 aromatic heterocycles. The van der Waals surface area contributed by atoms with E-state index in [4.69, 9.17) is 5.73 Å². The summed E-state index contributed by atoms with van der Waals surface area (Å²) < 4.78 is 2.01. The van der Waals surface area contributed by atoms with Crippen molar-refractivity contribution in [2.24, 2.45) is 7.05 Å². The van der Waals surface area contributed by atoms with Crippen molar-refractivity contribution in [3.63, 3.8) is 0 Å². The summed E-state index contributed by atoms with van der Waals surface area (Å²) in [5, 5.41) is 11.9. The molecule has 0 fully saturated rings. The highest BCUT2D eigenvalue weighted by atomic mass is 32.2. The van der Waals surface area contributed by atoms with Crippen LogP contribution in [0.3, 0.4) is 0 Å². The van der Waals surface area contributed by atoms with Gasteiger partial charge in [0.25, 0.3) is 0 Å². The van der Waals surface area contributed by atoms with Gasteiger partial charge < -0.3 is 10.3 Å². The summed E-state index contributed by atoms with van der Waals surface area (Å²) in [5.74, 6) is 1.75. The van der Waals surface area contributed by atoms with Gasteiger partial charge in [-0.3, -0.25) is 0 Å². The van der Waals surface area contributed by atoms with Gasteiger partial charge in [0.2, 0.25) is 0 Å². The average molecular weight is 343 g/mol. The molecule has 1 aromatic carbocycles. The first-order chi connectivity index (χ1) is 11.2. The Balaban J connectivity index is 1.58. The van der Waals surface area contributed by atoms with Gasteiger partial charge in [-0.1, -0.05) is 54.2 Å². The second-order valence-corrected chi connectivity index (χ2v) is 6.81. The molecule has 0 saturated carbocycles. The van der Waals surface area contributed by atoms with E-state index in [2.05, 4.69) is 39.5 Å². The molecule has 2 heterocycles. The largest absolute Gasteiger partial charge is 0.375 e. The van der Waals surface area contributed by atoms with Crippen molar-refractivity contribution < 1.29 is 0 Å². The maximum atomic E-state index is 5.66. The molecule has 3 rings (SSSR count). The fraction of sp³-hybridized carbons (Fsp3) is 0.188. The molecule has 0 bridgehead atoms. The van der Waals surface area contributed by atoms with Crippen LogP contribution in [0.25, 0.3) is 6.08 Å². The molecule has 0 radical (unpaired) electrons. The number of thiazole rings is 1. The molecule has 0 aliphatic rings. The van der Waals surface area contributed by atoms with Crippen LogP contribution in [0, 0.1) is 0 Å². The number of nitrogens with two attached hydrogens (primary N) is 1. The lowest BCUT2D eigenvalue weighted by molar-refractivity contribution is 0.746. The quantitative estimate of drug-likeness (QED) is 0.696. The third kappa shape index (κ3) is 4.20. The Morgan fingerprint density at radius 2 is 2.09 bits per heavy atom. The van der Waals surface area contributed by atoms with Crippen LogP contribution in [0.5, 0.6) is 0 Å². The minimum Gasteiger partial charge on any atom is -0.375 e. The van der Waals surface area contributed by atoms with Crippen molar-refractivity contribution in [1.82, 2.24) is 19.7 Å². The van der Waals surface area contributed by atoms with Gasteiger partial charge in [-0.15, -0.1) is 21.5 Å². The molecule has 0 aliphatic carbocycles. The second kappa shape index (κ2) is 7.43. The van der Waals surface area contributed by atoms with Crippen molar-refractivity contribution in [1.29, 1.82) is 0 Å². The van der Waals surface area contributed by atoms with Crippen LogP contribution in [-0.4, -0.2) is 25.5 Å². The molecule has 118 valence electrons. The maximum Gasteiger partial charge on any atom is 0.191 e. The highest BCUT2D eigenvalue weighted by Crippen LogP contribution is 2.19. The number of hydrogen-bond donors (Lipinski definition) is 1. The number of hydrogen-bond acceptors (Lipinski definition) is 6. The molecular formula is C16H17N5S2. The molecule has 3 aromatic rings. The zero-order valence-corrected chi connectivity index (χ0v) is 14.3. The Morgan fingerprint density at radius 3 is 2.83 bits per heavy atom. The van der Waals surface area contributed by atoms with Crippen molar-refractivity contribution >= 4 is 34.3 Å². The topological polar surface area (TPSA) is 69.6 Å². The maximum absolute atomic E-state index is 5.66. The summed E-state index contributed by atoms with van der Waals surface area (Å²) in [5.41, 5.74) is 7.79. The van der Waals surface area contributed by atoms with Gasteiger partial charge >= 0.3 is 0 Å². The number of rotatable bonds is 6. The van der Waals surface area contributed by atoms with Crippen LogP contribution >= 0.6 is 23.1 Å². The number of anilines is 1. The molecule has 0 unspecified atom stereocenters. The summed E-state index contributed by atoms with van der Waals surface area (Å²) in [4.78, 5) is 4.26. The number of benzene rings is 1. The van der Waals surface area contributed by atoms with Gasteiger partial charge in [0.05, 0.1) is 12.1 Å². The fourth-order valence-electron chi connectivity index (χ4n) is 2.06. The standard InChI is InChI=1S/C16H17N5S2/c1-21-14(10-13-11-23-15(17)18-13)19-20-16(21)22-9-5-8-12-6-3-2-4-7-12/h2-8,11H,9-10H2,1H3,(H2,17,18). The van der Waals surface area contributed by atoms with Crippen LogP contribution < -0.4 is 5.73 Å². The van der Waals surface area contributed by atoms with Gasteiger partial charge in [-0.25, -0.2) is 4.98 Å². The predicted molar refractivity (Wildman–Crippen MR) is 96.5 cm³/mol. The van der Waals surface area contributed by atoms with E-state index in [-0.39, 0.29) is 0 Å². The number of nitrogens with zero attached hydrogens (tertiary/aromatic N) is 4. The zero-order chi connectivity index (χ0) is 16.1. The second-order valence-electron chi connectivity index (χ2n) is 4.94. The first kappa shape index (κ1) is 15.8. The first-order valence-electron chi connectivity index (χ1n) is 7.15. The Labute approximate surface area is 143 Å². The molecule has 5 nitrogen and oxygen atoms in total. The van der Waals surface area contributed by atoms with Crippen molar-refractivity contribution in [2.45, 2.75) is 11.6 Å². The molecule has 7 heteroatoms. The Kier molecular flexibility index (Phi) is 5.09. The van der Waals surface area contributed by atoms with E-state index < -0.39 is 0 Å². The molecule has 0 aliphatic heterocycles. The molecule has 0 amide bonds. The average Bonchev–Trinajstić information content (AvgIpc) is 3.12. The molecule has 0 atom stereocenters. The van der Waals surface area contributed by atoms with E-state index in [1.807, 2.05) is 35.2 Å². The molecular weight excluding hydrogens is 326 g/mol. The summed E-state index contributed by atoms with van der Waals surface area (Å²) in [6.45, 7) is 0. The van der Waals surface area contributed by atoms with E-state index in [0.29, 0.717) is 11.6 Å². The molecule has 0 saturated heterocycles. The zero-order valence-electron chi connectivity index (χ0n) is 12.7. The normalized spacial score (nSPS) is 11.3. The van der Waals surface area contributed by atoms with Gasteiger partial charge in [0, 0.05) is 18.2 Å². The van der Waals surface area contributed by atoms with Crippen LogP contribution in [0.2, 0.25) is 0 Å². The highest BCUT2D eigenvalue weighted by Gasteiger charge is 2.10.